The molecular formula is C20H21ClF3NO3. The summed E-state index contributed by atoms with van der Waals surface area (Å²) in [4.78, 5) is 15.0. The lowest BCUT2D eigenvalue weighted by molar-refractivity contribution is -0.137. The predicted molar refractivity (Wildman–Crippen MR) is 102 cm³/mol. The number of benzene rings is 2. The molecule has 2 rings (SSSR count). The highest BCUT2D eigenvalue weighted by Crippen LogP contribution is 2.37. The Morgan fingerprint density at radius 3 is 2.32 bits per heavy atom. The van der Waals surface area contributed by atoms with Gasteiger partial charge < -0.3 is 14.4 Å². The third-order valence-corrected chi connectivity index (χ3v) is 4.17. The molecule has 0 aliphatic carbocycles. The molecule has 28 heavy (non-hydrogen) atoms. The van der Waals surface area contributed by atoms with Gasteiger partial charge in [0.1, 0.15) is 23.7 Å². The first kappa shape index (κ1) is 22.0. The van der Waals surface area contributed by atoms with Gasteiger partial charge in [-0.15, -0.1) is 0 Å². The molecule has 0 spiro atoms. The molecule has 2 aromatic rings. The third kappa shape index (κ3) is 5.39. The maximum Gasteiger partial charge on any atom is 0.417 e. The molecule has 0 aromatic heterocycles. The van der Waals surface area contributed by atoms with E-state index in [2.05, 4.69) is 0 Å². The molecule has 0 fully saturated rings. The Labute approximate surface area is 166 Å². The Kier molecular flexibility index (Phi) is 7.32. The third-order valence-electron chi connectivity index (χ3n) is 3.84. The number of ether oxygens (including phenoxy) is 2. The molecular weight excluding hydrogens is 395 g/mol. The second-order valence-electron chi connectivity index (χ2n) is 6.24. The number of carbonyl (C=O) groups is 1. The van der Waals surface area contributed by atoms with Crippen molar-refractivity contribution in [2.75, 3.05) is 33.9 Å². The maximum absolute atomic E-state index is 13.2. The van der Waals surface area contributed by atoms with E-state index in [1.807, 2.05) is 19.0 Å². The summed E-state index contributed by atoms with van der Waals surface area (Å²) in [5.41, 5.74) is -1.14. The lowest BCUT2D eigenvalue weighted by atomic mass is 9.99. The molecule has 0 aliphatic rings. The van der Waals surface area contributed by atoms with Gasteiger partial charge in [-0.1, -0.05) is 17.7 Å². The summed E-state index contributed by atoms with van der Waals surface area (Å²) in [6, 6.07) is 7.90. The van der Waals surface area contributed by atoms with Crippen LogP contribution in [0.1, 0.15) is 28.4 Å². The number of carbonyl (C=O) groups excluding carboxylic acids is 1. The molecule has 0 atom stereocenters. The van der Waals surface area contributed by atoms with Crippen molar-refractivity contribution in [3.8, 4) is 11.5 Å². The van der Waals surface area contributed by atoms with Crippen molar-refractivity contribution < 1.29 is 27.4 Å². The van der Waals surface area contributed by atoms with Crippen LogP contribution in [0.3, 0.4) is 0 Å². The normalized spacial score (nSPS) is 11.6. The molecule has 2 aromatic carbocycles. The molecule has 0 saturated carbocycles. The smallest absolute Gasteiger partial charge is 0.417 e. The van der Waals surface area contributed by atoms with Gasteiger partial charge in [0, 0.05) is 12.1 Å². The highest BCUT2D eigenvalue weighted by atomic mass is 35.5. The van der Waals surface area contributed by atoms with Crippen LogP contribution in [0.15, 0.2) is 36.4 Å². The van der Waals surface area contributed by atoms with Gasteiger partial charge >= 0.3 is 6.18 Å². The quantitative estimate of drug-likeness (QED) is 0.573. The molecule has 8 heteroatoms. The summed E-state index contributed by atoms with van der Waals surface area (Å²) in [7, 11) is 3.75. The highest BCUT2D eigenvalue weighted by molar-refractivity contribution is 6.31. The van der Waals surface area contributed by atoms with Crippen LogP contribution in [0, 0.1) is 0 Å². The Bertz CT molecular complexity index is 838. The van der Waals surface area contributed by atoms with E-state index in [9.17, 15) is 18.0 Å². The minimum atomic E-state index is -4.67. The Balaban J connectivity index is 2.48. The van der Waals surface area contributed by atoms with E-state index in [1.54, 1.807) is 25.1 Å². The van der Waals surface area contributed by atoms with Gasteiger partial charge in [-0.2, -0.15) is 13.2 Å². The molecule has 0 heterocycles. The number of ketones is 1. The van der Waals surface area contributed by atoms with E-state index in [0.717, 1.165) is 12.1 Å². The van der Waals surface area contributed by atoms with Gasteiger partial charge in [0.15, 0.2) is 0 Å². The fourth-order valence-electron chi connectivity index (χ4n) is 2.50. The lowest BCUT2D eigenvalue weighted by Crippen LogP contribution is -2.20. The van der Waals surface area contributed by atoms with Crippen molar-refractivity contribution in [3.05, 3.63) is 58.1 Å². The predicted octanol–water partition coefficient (Wildman–Crippen LogP) is 4.93. The summed E-state index contributed by atoms with van der Waals surface area (Å²) in [5.74, 6) is -0.134. The monoisotopic (exact) mass is 415 g/mol. The van der Waals surface area contributed by atoms with Crippen LogP contribution in [0.25, 0.3) is 0 Å². The number of hydrogen-bond donors (Lipinski definition) is 0. The van der Waals surface area contributed by atoms with Crippen LogP contribution in [0.5, 0.6) is 11.5 Å². The second-order valence-corrected chi connectivity index (χ2v) is 6.64. The molecule has 0 radical (unpaired) electrons. The van der Waals surface area contributed by atoms with Crippen molar-refractivity contribution >= 4 is 17.4 Å². The van der Waals surface area contributed by atoms with E-state index < -0.39 is 22.5 Å². The Hall–Kier alpha value is -2.25. The summed E-state index contributed by atoms with van der Waals surface area (Å²) >= 11 is 5.66. The Morgan fingerprint density at radius 2 is 1.75 bits per heavy atom. The van der Waals surface area contributed by atoms with Crippen molar-refractivity contribution in [1.82, 2.24) is 4.90 Å². The van der Waals surface area contributed by atoms with Crippen LogP contribution < -0.4 is 9.47 Å². The van der Waals surface area contributed by atoms with Crippen molar-refractivity contribution in [2.24, 2.45) is 0 Å². The summed E-state index contributed by atoms with van der Waals surface area (Å²) in [6.07, 6.45) is -4.67. The van der Waals surface area contributed by atoms with Crippen LogP contribution in [0.2, 0.25) is 5.02 Å². The summed E-state index contributed by atoms with van der Waals surface area (Å²) < 4.78 is 50.7. The Morgan fingerprint density at radius 1 is 1.11 bits per heavy atom. The molecule has 0 unspecified atom stereocenters. The van der Waals surface area contributed by atoms with Crippen molar-refractivity contribution in [3.63, 3.8) is 0 Å². The van der Waals surface area contributed by atoms with Gasteiger partial charge in [0.2, 0.25) is 5.78 Å². The number of hydrogen-bond acceptors (Lipinski definition) is 4. The minimum absolute atomic E-state index is 0.0820. The van der Waals surface area contributed by atoms with E-state index in [0.29, 0.717) is 13.2 Å². The van der Waals surface area contributed by atoms with Crippen LogP contribution >= 0.6 is 11.6 Å². The van der Waals surface area contributed by atoms with E-state index in [4.69, 9.17) is 21.1 Å². The van der Waals surface area contributed by atoms with Crippen LogP contribution in [-0.2, 0) is 6.18 Å². The number of halogens is 4. The van der Waals surface area contributed by atoms with Gasteiger partial charge in [-0.3, -0.25) is 4.79 Å². The standard InChI is InChI=1S/C20H21ClF3NO3/c1-4-27-16-6-5-7-17(28-11-10-25(2)3)18(16)19(26)13-8-9-15(21)14(12-13)20(22,23)24/h5-9,12H,4,10-11H2,1-3H3. The van der Waals surface area contributed by atoms with Gasteiger partial charge in [0.25, 0.3) is 0 Å². The SMILES string of the molecule is CCOc1cccc(OCCN(C)C)c1C(=O)c1ccc(Cl)c(C(F)(F)F)c1. The van der Waals surface area contributed by atoms with Crippen LogP contribution in [0.4, 0.5) is 13.2 Å². The first-order chi connectivity index (χ1) is 13.1. The van der Waals surface area contributed by atoms with Crippen molar-refractivity contribution in [2.45, 2.75) is 13.1 Å². The minimum Gasteiger partial charge on any atom is -0.493 e. The summed E-state index contributed by atoms with van der Waals surface area (Å²) in [6.45, 7) is 2.94. The molecule has 0 aliphatic heterocycles. The topological polar surface area (TPSA) is 38.8 Å². The van der Waals surface area contributed by atoms with Crippen LogP contribution in [-0.4, -0.2) is 44.5 Å². The fraction of sp³-hybridized carbons (Fsp3) is 0.350. The van der Waals surface area contributed by atoms with Gasteiger partial charge in [-0.05, 0) is 51.4 Å². The number of nitrogens with zero attached hydrogens (tertiary/aromatic N) is 1. The second kappa shape index (κ2) is 9.30. The van der Waals surface area contributed by atoms with E-state index in [-0.39, 0.29) is 29.2 Å². The number of alkyl halides is 3. The zero-order chi connectivity index (χ0) is 20.9. The zero-order valence-corrected chi connectivity index (χ0v) is 16.5. The number of likely N-dealkylation sites (N-methyl/N-ethyl adjacent to an activating group) is 1. The van der Waals surface area contributed by atoms with E-state index >= 15 is 0 Å². The van der Waals surface area contributed by atoms with Gasteiger partial charge in [-0.25, -0.2) is 0 Å². The first-order valence-corrected chi connectivity index (χ1v) is 8.97. The maximum atomic E-state index is 13.2. The zero-order valence-electron chi connectivity index (χ0n) is 15.8. The molecule has 0 bridgehead atoms. The lowest BCUT2D eigenvalue weighted by Gasteiger charge is -2.17. The highest BCUT2D eigenvalue weighted by Gasteiger charge is 2.34. The average Bonchev–Trinajstić information content (AvgIpc) is 2.61. The largest absolute Gasteiger partial charge is 0.493 e. The van der Waals surface area contributed by atoms with E-state index in [1.165, 1.54) is 6.07 Å². The fourth-order valence-corrected chi connectivity index (χ4v) is 2.72. The number of rotatable bonds is 8. The first-order valence-electron chi connectivity index (χ1n) is 8.60. The molecule has 0 amide bonds. The molecule has 0 N–H and O–H groups in total. The van der Waals surface area contributed by atoms with Crippen molar-refractivity contribution in [1.29, 1.82) is 0 Å². The molecule has 152 valence electrons. The average molecular weight is 416 g/mol. The molecule has 0 saturated heterocycles. The van der Waals surface area contributed by atoms with Gasteiger partial charge in [0.05, 0.1) is 17.2 Å². The summed E-state index contributed by atoms with van der Waals surface area (Å²) in [5, 5.41) is -0.468. The molecule has 4 nitrogen and oxygen atoms in total.